The predicted molar refractivity (Wildman–Crippen MR) is 40.4 cm³/mol. The fraction of sp³-hybridized carbons (Fsp3) is 0.333. The molecule has 1 N–H and O–H groups in total. The van der Waals surface area contributed by atoms with Crippen molar-refractivity contribution in [1.29, 1.82) is 0 Å². The molecule has 1 aliphatic heterocycles. The van der Waals surface area contributed by atoms with E-state index in [1.807, 2.05) is 24.3 Å². The lowest BCUT2D eigenvalue weighted by Crippen LogP contribution is -2.08. The van der Waals surface area contributed by atoms with Gasteiger partial charge in [-0.25, -0.2) is 0 Å². The third-order valence-electron chi connectivity index (χ3n) is 1.40. The Balaban J connectivity index is 0.000000405. The van der Waals surface area contributed by atoms with Crippen LogP contribution in [0.1, 0.15) is 0 Å². The van der Waals surface area contributed by atoms with Crippen LogP contribution in [-0.2, 0) is 0 Å². The Morgan fingerprint density at radius 1 is 1.44 bits per heavy atom. The molecule has 1 nitrogen and oxygen atoms in total. The van der Waals surface area contributed by atoms with Crippen molar-refractivity contribution in [3.8, 4) is 0 Å². The van der Waals surface area contributed by atoms with Crippen molar-refractivity contribution in [2.45, 2.75) is 10.2 Å². The highest BCUT2D eigenvalue weighted by molar-refractivity contribution is 8.08. The standard InChI is InChI=1S/C6H6OS.Mg/c7-6-4-2-1-3-5(6)8-6;/h1-5,7H;. The van der Waals surface area contributed by atoms with Gasteiger partial charge in [0.05, 0.1) is 5.25 Å². The zero-order valence-corrected chi connectivity index (χ0v) is 7.18. The molecule has 1 fully saturated rings. The summed E-state index contributed by atoms with van der Waals surface area (Å²) in [5.74, 6) is 0. The second-order valence-corrected chi connectivity index (χ2v) is 3.43. The maximum Gasteiger partial charge on any atom is 0.145 e. The maximum atomic E-state index is 9.27. The van der Waals surface area contributed by atoms with Gasteiger partial charge < -0.3 is 5.11 Å². The number of allylic oxidation sites excluding steroid dienone is 2. The summed E-state index contributed by atoms with van der Waals surface area (Å²) >= 11 is 1.58. The summed E-state index contributed by atoms with van der Waals surface area (Å²) in [7, 11) is 0. The van der Waals surface area contributed by atoms with E-state index in [-0.39, 0.29) is 23.1 Å². The van der Waals surface area contributed by atoms with Gasteiger partial charge in [-0.2, -0.15) is 0 Å². The van der Waals surface area contributed by atoms with Crippen molar-refractivity contribution in [3.05, 3.63) is 24.3 Å². The first-order valence-electron chi connectivity index (χ1n) is 2.57. The fourth-order valence-corrected chi connectivity index (χ4v) is 1.66. The van der Waals surface area contributed by atoms with Crippen LogP contribution >= 0.6 is 11.8 Å². The molecule has 0 saturated carbocycles. The van der Waals surface area contributed by atoms with E-state index in [1.54, 1.807) is 11.8 Å². The number of rotatable bonds is 0. The summed E-state index contributed by atoms with van der Waals surface area (Å²) in [5.41, 5.74) is 0. The van der Waals surface area contributed by atoms with Gasteiger partial charge in [-0.1, -0.05) is 18.2 Å². The van der Waals surface area contributed by atoms with Gasteiger partial charge in [0, 0.05) is 23.1 Å². The molecule has 0 aromatic carbocycles. The summed E-state index contributed by atoms with van der Waals surface area (Å²) in [6.07, 6.45) is 7.71. The Labute approximate surface area is 74.4 Å². The van der Waals surface area contributed by atoms with Gasteiger partial charge in [-0.15, -0.1) is 11.8 Å². The highest BCUT2D eigenvalue weighted by Crippen LogP contribution is 2.54. The Hall–Kier alpha value is 0.556. The lowest BCUT2D eigenvalue weighted by molar-refractivity contribution is 0.228. The van der Waals surface area contributed by atoms with Gasteiger partial charge in [-0.05, 0) is 6.08 Å². The third kappa shape index (κ3) is 1.19. The predicted octanol–water partition coefficient (Wildman–Crippen LogP) is 0.536. The second kappa shape index (κ2) is 2.31. The largest absolute Gasteiger partial charge is 0.374 e. The molecule has 2 unspecified atom stereocenters. The quantitative estimate of drug-likeness (QED) is 0.402. The molecule has 2 atom stereocenters. The summed E-state index contributed by atoms with van der Waals surface area (Å²) in [6.45, 7) is 0. The molecule has 1 heterocycles. The molecule has 0 amide bonds. The van der Waals surface area contributed by atoms with Crippen molar-refractivity contribution in [1.82, 2.24) is 0 Å². The number of fused-ring (bicyclic) bond motifs is 1. The molecule has 2 rings (SSSR count). The molecule has 44 valence electrons. The first-order valence-corrected chi connectivity index (χ1v) is 3.45. The number of aliphatic hydroxyl groups is 1. The van der Waals surface area contributed by atoms with Gasteiger partial charge in [0.25, 0.3) is 0 Å². The second-order valence-electron chi connectivity index (χ2n) is 2.03. The lowest BCUT2D eigenvalue weighted by atomic mass is 10.1. The summed E-state index contributed by atoms with van der Waals surface area (Å²) in [5, 5.41) is 9.63. The van der Waals surface area contributed by atoms with Gasteiger partial charge in [0.15, 0.2) is 0 Å². The SMILES string of the molecule is OC12C=CC=CC1S2.[Mg]. The Morgan fingerprint density at radius 2 is 2.22 bits per heavy atom. The van der Waals surface area contributed by atoms with Crippen LogP contribution < -0.4 is 0 Å². The molecule has 9 heavy (non-hydrogen) atoms. The highest BCUT2D eigenvalue weighted by atomic mass is 32.2. The van der Waals surface area contributed by atoms with E-state index in [2.05, 4.69) is 0 Å². The summed E-state index contributed by atoms with van der Waals surface area (Å²) in [6, 6.07) is 0. The van der Waals surface area contributed by atoms with Gasteiger partial charge >= 0.3 is 0 Å². The first kappa shape index (κ1) is 7.66. The van der Waals surface area contributed by atoms with Gasteiger partial charge in [0.2, 0.25) is 0 Å². The minimum Gasteiger partial charge on any atom is -0.374 e. The molecular weight excluding hydrogens is 144 g/mol. The number of thioether (sulfide) groups is 1. The third-order valence-corrected chi connectivity index (χ3v) is 2.68. The van der Waals surface area contributed by atoms with E-state index in [4.69, 9.17) is 0 Å². The number of hydrogen-bond donors (Lipinski definition) is 1. The van der Waals surface area contributed by atoms with Crippen LogP contribution in [0.5, 0.6) is 0 Å². The van der Waals surface area contributed by atoms with E-state index in [1.165, 1.54) is 0 Å². The normalized spacial score (nSPS) is 43.4. The Bertz CT molecular complexity index is 178. The van der Waals surface area contributed by atoms with Gasteiger partial charge in [0.1, 0.15) is 4.93 Å². The smallest absolute Gasteiger partial charge is 0.145 e. The molecule has 1 aliphatic carbocycles. The molecule has 0 aromatic rings. The zero-order valence-electron chi connectivity index (χ0n) is 4.95. The van der Waals surface area contributed by atoms with E-state index in [0.29, 0.717) is 5.25 Å². The van der Waals surface area contributed by atoms with Crippen LogP contribution in [-0.4, -0.2) is 38.3 Å². The van der Waals surface area contributed by atoms with Crippen molar-refractivity contribution in [2.24, 2.45) is 0 Å². The maximum absolute atomic E-state index is 9.27. The van der Waals surface area contributed by atoms with Crippen LogP contribution in [0.25, 0.3) is 0 Å². The average molecular weight is 150 g/mol. The average Bonchev–Trinajstić information content (AvgIpc) is 2.39. The Morgan fingerprint density at radius 3 is 2.67 bits per heavy atom. The summed E-state index contributed by atoms with van der Waals surface area (Å²) in [4.78, 5) is -0.505. The van der Waals surface area contributed by atoms with Crippen molar-refractivity contribution in [2.75, 3.05) is 0 Å². The van der Waals surface area contributed by atoms with E-state index >= 15 is 0 Å². The molecule has 0 bridgehead atoms. The van der Waals surface area contributed by atoms with E-state index in [9.17, 15) is 5.11 Å². The topological polar surface area (TPSA) is 20.2 Å². The Kier molecular flexibility index (Phi) is 1.96. The molecule has 2 radical (unpaired) electrons. The monoisotopic (exact) mass is 150 g/mol. The number of hydrogen-bond acceptors (Lipinski definition) is 2. The van der Waals surface area contributed by atoms with Crippen LogP contribution in [0.15, 0.2) is 24.3 Å². The van der Waals surface area contributed by atoms with Crippen LogP contribution in [0, 0.1) is 0 Å². The first-order chi connectivity index (χ1) is 3.81. The fourth-order valence-electron chi connectivity index (χ4n) is 0.839. The molecular formula is C6H6MgOS. The molecule has 1 saturated heterocycles. The van der Waals surface area contributed by atoms with Crippen LogP contribution in [0.3, 0.4) is 0 Å². The molecule has 0 aromatic heterocycles. The van der Waals surface area contributed by atoms with E-state index < -0.39 is 4.93 Å². The van der Waals surface area contributed by atoms with Crippen molar-refractivity contribution in [3.63, 3.8) is 0 Å². The van der Waals surface area contributed by atoms with Crippen LogP contribution in [0.4, 0.5) is 0 Å². The van der Waals surface area contributed by atoms with Crippen molar-refractivity contribution >= 4 is 34.8 Å². The minimum absolute atomic E-state index is 0. The lowest BCUT2D eigenvalue weighted by Gasteiger charge is -1.98. The zero-order chi connectivity index (χ0) is 5.61. The van der Waals surface area contributed by atoms with Gasteiger partial charge in [-0.3, -0.25) is 0 Å². The highest BCUT2D eigenvalue weighted by Gasteiger charge is 2.51. The summed E-state index contributed by atoms with van der Waals surface area (Å²) < 4.78 is 0. The molecule has 2 aliphatic rings. The van der Waals surface area contributed by atoms with E-state index in [0.717, 1.165) is 0 Å². The van der Waals surface area contributed by atoms with Crippen LogP contribution in [0.2, 0.25) is 0 Å². The van der Waals surface area contributed by atoms with Crippen molar-refractivity contribution < 1.29 is 5.11 Å². The minimum atomic E-state index is -0.505. The molecule has 0 spiro atoms. The molecule has 3 heteroatoms.